The Labute approximate surface area is 134 Å². The third-order valence-corrected chi connectivity index (χ3v) is 3.40. The Balaban J connectivity index is 2.49. The van der Waals surface area contributed by atoms with Gasteiger partial charge in [-0.3, -0.25) is 14.6 Å². The molecule has 0 spiro atoms. The normalized spacial score (nSPS) is 16.2. The van der Waals surface area contributed by atoms with Crippen molar-refractivity contribution in [2.75, 3.05) is 0 Å². The number of fused-ring (bicyclic) bond motifs is 1. The van der Waals surface area contributed by atoms with Crippen LogP contribution >= 0.6 is 0 Å². The fourth-order valence-electron chi connectivity index (χ4n) is 2.28. The fraction of sp³-hybridized carbons (Fsp3) is 0.562. The molecule has 0 radical (unpaired) electrons. The predicted octanol–water partition coefficient (Wildman–Crippen LogP) is 2.16. The Morgan fingerprint density at radius 1 is 1.13 bits per heavy atom. The molecule has 1 aromatic heterocycles. The maximum absolute atomic E-state index is 11.4. The highest BCUT2D eigenvalue weighted by atomic mass is 16.7. The Morgan fingerprint density at radius 3 is 2.30 bits per heavy atom. The first kappa shape index (κ1) is 17.4. The number of carbonyl (C=O) groups is 2. The number of nitrogens with zero attached hydrogens (tertiary/aromatic N) is 1. The molecule has 0 aromatic carbocycles. The van der Waals surface area contributed by atoms with E-state index in [-0.39, 0.29) is 19.8 Å². The van der Waals surface area contributed by atoms with Crippen LogP contribution in [0.1, 0.15) is 50.2 Å². The quantitative estimate of drug-likeness (QED) is 0.788. The van der Waals surface area contributed by atoms with Crippen molar-refractivity contribution in [3.05, 3.63) is 22.5 Å². The molecule has 23 heavy (non-hydrogen) atoms. The van der Waals surface area contributed by atoms with Crippen LogP contribution in [0.4, 0.5) is 0 Å². The van der Waals surface area contributed by atoms with Crippen molar-refractivity contribution in [3.8, 4) is 5.75 Å². The molecule has 0 saturated heterocycles. The first-order chi connectivity index (χ1) is 10.7. The monoisotopic (exact) mass is 323 g/mol. The number of aryl methyl sites for hydroxylation is 1. The van der Waals surface area contributed by atoms with E-state index < -0.39 is 17.7 Å². The van der Waals surface area contributed by atoms with E-state index in [0.29, 0.717) is 22.7 Å². The summed E-state index contributed by atoms with van der Waals surface area (Å²) in [5.74, 6) is -1.23. The summed E-state index contributed by atoms with van der Waals surface area (Å²) < 4.78 is 21.8. The Morgan fingerprint density at radius 2 is 1.74 bits per heavy atom. The molecule has 1 aliphatic heterocycles. The SMILES string of the molecule is CC(=O)OCc1nc(C)c(OC(C)=O)c2c1COC(C)(C)OC2. The summed E-state index contributed by atoms with van der Waals surface area (Å²) >= 11 is 0. The lowest BCUT2D eigenvalue weighted by Crippen LogP contribution is -2.25. The van der Waals surface area contributed by atoms with Crippen LogP contribution in [0.15, 0.2) is 0 Å². The number of esters is 2. The smallest absolute Gasteiger partial charge is 0.308 e. The largest absolute Gasteiger partial charge is 0.459 e. The van der Waals surface area contributed by atoms with Gasteiger partial charge in [-0.05, 0) is 20.8 Å². The Kier molecular flexibility index (Phi) is 5.01. The Hall–Kier alpha value is -1.99. The van der Waals surface area contributed by atoms with E-state index in [1.165, 1.54) is 13.8 Å². The fourth-order valence-corrected chi connectivity index (χ4v) is 2.28. The van der Waals surface area contributed by atoms with E-state index in [4.69, 9.17) is 18.9 Å². The number of hydrogen-bond acceptors (Lipinski definition) is 7. The lowest BCUT2D eigenvalue weighted by molar-refractivity contribution is -0.219. The van der Waals surface area contributed by atoms with E-state index >= 15 is 0 Å². The number of aromatic nitrogens is 1. The molecule has 0 N–H and O–H groups in total. The minimum absolute atomic E-state index is 0.0304. The third kappa shape index (κ3) is 4.27. The van der Waals surface area contributed by atoms with Gasteiger partial charge in [0, 0.05) is 25.0 Å². The molecule has 0 saturated carbocycles. The molecular formula is C16H21NO6. The molecule has 0 unspecified atom stereocenters. The molecule has 0 amide bonds. The first-order valence-electron chi connectivity index (χ1n) is 7.30. The zero-order valence-corrected chi connectivity index (χ0v) is 14.0. The van der Waals surface area contributed by atoms with E-state index in [1.54, 1.807) is 20.8 Å². The highest BCUT2D eigenvalue weighted by molar-refractivity contribution is 5.70. The molecule has 1 aliphatic rings. The van der Waals surface area contributed by atoms with Crippen molar-refractivity contribution < 1.29 is 28.5 Å². The van der Waals surface area contributed by atoms with Gasteiger partial charge in [-0.15, -0.1) is 0 Å². The van der Waals surface area contributed by atoms with E-state index in [2.05, 4.69) is 4.98 Å². The standard InChI is InChI=1S/C16H21NO6/c1-9-15(23-11(3)19)13-7-22-16(4,5)21-6-12(13)14(17-9)8-20-10(2)18/h6-8H2,1-5H3. The molecule has 1 aromatic rings. The maximum Gasteiger partial charge on any atom is 0.308 e. The molecule has 0 atom stereocenters. The van der Waals surface area contributed by atoms with Crippen LogP contribution in [0.5, 0.6) is 5.75 Å². The second-order valence-electron chi connectivity index (χ2n) is 5.78. The van der Waals surface area contributed by atoms with Gasteiger partial charge in [0.25, 0.3) is 0 Å². The number of carbonyl (C=O) groups excluding carboxylic acids is 2. The van der Waals surface area contributed by atoms with Crippen molar-refractivity contribution >= 4 is 11.9 Å². The highest BCUT2D eigenvalue weighted by Crippen LogP contribution is 2.34. The van der Waals surface area contributed by atoms with Crippen LogP contribution in [0, 0.1) is 6.92 Å². The predicted molar refractivity (Wildman–Crippen MR) is 79.4 cm³/mol. The summed E-state index contributed by atoms with van der Waals surface area (Å²) in [7, 11) is 0. The zero-order valence-electron chi connectivity index (χ0n) is 14.0. The minimum Gasteiger partial charge on any atom is -0.459 e. The van der Waals surface area contributed by atoms with Crippen molar-refractivity contribution in [2.45, 2.75) is 60.2 Å². The van der Waals surface area contributed by atoms with Gasteiger partial charge >= 0.3 is 11.9 Å². The summed E-state index contributed by atoms with van der Waals surface area (Å²) in [6.07, 6.45) is 0. The molecule has 0 aliphatic carbocycles. The number of hydrogen-bond donors (Lipinski definition) is 0. The van der Waals surface area contributed by atoms with Gasteiger partial charge < -0.3 is 18.9 Å². The molecule has 0 fully saturated rings. The van der Waals surface area contributed by atoms with Crippen molar-refractivity contribution in [2.24, 2.45) is 0 Å². The summed E-state index contributed by atoms with van der Waals surface area (Å²) in [6, 6.07) is 0. The second-order valence-corrected chi connectivity index (χ2v) is 5.78. The van der Waals surface area contributed by atoms with E-state index in [9.17, 15) is 9.59 Å². The van der Waals surface area contributed by atoms with Crippen LogP contribution in [-0.2, 0) is 43.6 Å². The van der Waals surface area contributed by atoms with Crippen LogP contribution < -0.4 is 4.74 Å². The van der Waals surface area contributed by atoms with Crippen molar-refractivity contribution in [3.63, 3.8) is 0 Å². The van der Waals surface area contributed by atoms with Crippen LogP contribution in [0.2, 0.25) is 0 Å². The minimum atomic E-state index is -0.779. The van der Waals surface area contributed by atoms with Gasteiger partial charge in [-0.25, -0.2) is 0 Å². The first-order valence-corrected chi connectivity index (χ1v) is 7.30. The van der Waals surface area contributed by atoms with Crippen LogP contribution in [0.3, 0.4) is 0 Å². The number of ether oxygens (including phenoxy) is 4. The molecule has 2 rings (SSSR count). The molecule has 7 heteroatoms. The maximum atomic E-state index is 11.4. The average molecular weight is 323 g/mol. The van der Waals surface area contributed by atoms with Gasteiger partial charge in [0.2, 0.25) is 0 Å². The molecular weight excluding hydrogens is 302 g/mol. The molecule has 7 nitrogen and oxygen atoms in total. The topological polar surface area (TPSA) is 84.0 Å². The molecule has 2 heterocycles. The van der Waals surface area contributed by atoms with Crippen molar-refractivity contribution in [1.29, 1.82) is 0 Å². The molecule has 126 valence electrons. The van der Waals surface area contributed by atoms with Crippen LogP contribution in [0.25, 0.3) is 0 Å². The number of rotatable bonds is 3. The zero-order chi connectivity index (χ0) is 17.2. The van der Waals surface area contributed by atoms with Crippen molar-refractivity contribution in [1.82, 2.24) is 4.98 Å². The third-order valence-electron chi connectivity index (χ3n) is 3.40. The van der Waals surface area contributed by atoms with Crippen LogP contribution in [-0.4, -0.2) is 22.7 Å². The summed E-state index contributed by atoms with van der Waals surface area (Å²) in [4.78, 5) is 26.9. The van der Waals surface area contributed by atoms with Gasteiger partial charge in [-0.2, -0.15) is 0 Å². The number of pyridine rings is 1. The average Bonchev–Trinajstić information content (AvgIpc) is 2.59. The molecule has 0 bridgehead atoms. The van der Waals surface area contributed by atoms with Gasteiger partial charge in [0.15, 0.2) is 11.5 Å². The Bertz CT molecular complexity index is 638. The summed E-state index contributed by atoms with van der Waals surface area (Å²) in [6.45, 7) is 8.46. The highest BCUT2D eigenvalue weighted by Gasteiger charge is 2.29. The second kappa shape index (κ2) is 6.64. The van der Waals surface area contributed by atoms with E-state index in [1.807, 2.05) is 0 Å². The van der Waals surface area contributed by atoms with Gasteiger partial charge in [-0.1, -0.05) is 0 Å². The van der Waals surface area contributed by atoms with Gasteiger partial charge in [0.05, 0.1) is 24.6 Å². The van der Waals surface area contributed by atoms with Gasteiger partial charge in [0.1, 0.15) is 6.61 Å². The lowest BCUT2D eigenvalue weighted by Gasteiger charge is -2.22. The summed E-state index contributed by atoms with van der Waals surface area (Å²) in [5, 5.41) is 0. The lowest BCUT2D eigenvalue weighted by atomic mass is 10.0. The summed E-state index contributed by atoms with van der Waals surface area (Å²) in [5.41, 5.74) is 2.52. The van der Waals surface area contributed by atoms with E-state index in [0.717, 1.165) is 5.56 Å².